The van der Waals surface area contributed by atoms with Crippen molar-refractivity contribution in [3.63, 3.8) is 0 Å². The zero-order valence-electron chi connectivity index (χ0n) is 26.1. The molecule has 0 atom stereocenters. The standard InChI is InChI=1S/C36H37IO6S2/c1-35(2,3)26-16-20-28(21-17-26)37(29-22-18-27(19-23-29)36(4,5)6)43-45(40,41)34-25-24-33(31-14-10-11-15-32(31)34)42-44(38,39)30-12-8-7-9-13-30/h7-25H,1-6H3. The van der Waals surface area contributed by atoms with Crippen molar-refractivity contribution in [2.24, 2.45) is 0 Å². The first-order chi connectivity index (χ1) is 21.1. The molecule has 0 saturated carbocycles. The molecule has 9 heteroatoms. The van der Waals surface area contributed by atoms with Crippen LogP contribution in [0.15, 0.2) is 125 Å². The minimum absolute atomic E-state index is 0.00122. The first-order valence-corrected chi connectivity index (χ1v) is 20.3. The van der Waals surface area contributed by atoms with E-state index in [1.165, 1.54) is 24.3 Å². The van der Waals surface area contributed by atoms with E-state index in [0.29, 0.717) is 10.8 Å². The molecule has 0 amide bonds. The maximum absolute atomic E-state index is 14.1. The molecule has 0 spiro atoms. The van der Waals surface area contributed by atoms with E-state index < -0.39 is 40.5 Å². The Balaban J connectivity index is 1.57. The van der Waals surface area contributed by atoms with Crippen molar-refractivity contribution in [1.82, 2.24) is 0 Å². The van der Waals surface area contributed by atoms with E-state index in [1.807, 2.05) is 48.5 Å². The maximum atomic E-state index is 14.1. The van der Waals surface area contributed by atoms with Crippen molar-refractivity contribution in [2.45, 2.75) is 62.2 Å². The number of halogens is 1. The fraction of sp³-hybridized carbons (Fsp3) is 0.222. The van der Waals surface area contributed by atoms with Gasteiger partial charge in [0.2, 0.25) is 0 Å². The van der Waals surface area contributed by atoms with Crippen molar-refractivity contribution in [3.05, 3.63) is 134 Å². The number of fused-ring (bicyclic) bond motifs is 1. The van der Waals surface area contributed by atoms with Gasteiger partial charge in [-0.3, -0.25) is 0 Å². The molecule has 0 aromatic heterocycles. The molecule has 0 N–H and O–H groups in total. The van der Waals surface area contributed by atoms with Gasteiger partial charge in [0, 0.05) is 0 Å². The average Bonchev–Trinajstić information content (AvgIpc) is 2.99. The van der Waals surface area contributed by atoms with Gasteiger partial charge in [-0.1, -0.05) is 0 Å². The molecule has 0 unspecified atom stereocenters. The minimum atomic E-state index is -4.31. The van der Waals surface area contributed by atoms with Crippen LogP contribution in [0.1, 0.15) is 52.7 Å². The van der Waals surface area contributed by atoms with Gasteiger partial charge in [-0.15, -0.1) is 0 Å². The average molecular weight is 757 g/mol. The van der Waals surface area contributed by atoms with Gasteiger partial charge in [0.05, 0.1) is 0 Å². The van der Waals surface area contributed by atoms with Crippen LogP contribution in [0.5, 0.6) is 5.75 Å². The third kappa shape index (κ3) is 7.43. The molecule has 5 rings (SSSR count). The van der Waals surface area contributed by atoms with Crippen LogP contribution in [-0.2, 0) is 33.6 Å². The predicted octanol–water partition coefficient (Wildman–Crippen LogP) is 9.07. The predicted molar refractivity (Wildman–Crippen MR) is 188 cm³/mol. The van der Waals surface area contributed by atoms with Gasteiger partial charge in [-0.25, -0.2) is 0 Å². The van der Waals surface area contributed by atoms with Crippen molar-refractivity contribution in [2.75, 3.05) is 0 Å². The van der Waals surface area contributed by atoms with Crippen LogP contribution in [0, 0.1) is 7.14 Å². The molecule has 0 aliphatic rings. The number of rotatable bonds is 8. The third-order valence-electron chi connectivity index (χ3n) is 7.31. The molecule has 0 fully saturated rings. The summed E-state index contributed by atoms with van der Waals surface area (Å²) in [5, 5.41) is 0.645. The SMILES string of the molecule is CC(C)(C)c1ccc(I(OS(=O)(=O)c2ccc(OS(=O)(=O)c3ccccc3)c3ccccc23)c2ccc(C(C)(C)C)cc2)cc1. The molecule has 5 aromatic rings. The van der Waals surface area contributed by atoms with Crippen LogP contribution in [0.3, 0.4) is 0 Å². The summed E-state index contributed by atoms with van der Waals surface area (Å²) in [6, 6.07) is 33.2. The van der Waals surface area contributed by atoms with E-state index in [9.17, 15) is 16.8 Å². The Morgan fingerprint density at radius 3 is 1.47 bits per heavy atom. The second-order valence-electron chi connectivity index (χ2n) is 12.7. The van der Waals surface area contributed by atoms with E-state index in [1.54, 1.807) is 42.5 Å². The van der Waals surface area contributed by atoms with Crippen LogP contribution in [0.2, 0.25) is 0 Å². The molecule has 0 radical (unpaired) electrons. The van der Waals surface area contributed by atoms with Crippen molar-refractivity contribution < 1.29 is 23.5 Å². The summed E-state index contributed by atoms with van der Waals surface area (Å²) in [4.78, 5) is -0.0545. The summed E-state index contributed by atoms with van der Waals surface area (Å²) < 4.78 is 67.7. The fourth-order valence-corrected chi connectivity index (χ4v) is 12.8. The molecular formula is C36H37IO6S2. The molecule has 0 aliphatic carbocycles. The second kappa shape index (κ2) is 12.5. The number of hydrogen-bond acceptors (Lipinski definition) is 6. The summed E-state index contributed by atoms with van der Waals surface area (Å²) in [5.41, 5.74) is 2.16. The zero-order valence-corrected chi connectivity index (χ0v) is 29.9. The van der Waals surface area contributed by atoms with Gasteiger partial charge in [0.1, 0.15) is 0 Å². The number of benzene rings is 5. The van der Waals surface area contributed by atoms with Gasteiger partial charge in [0.15, 0.2) is 0 Å². The van der Waals surface area contributed by atoms with Gasteiger partial charge in [-0.2, -0.15) is 0 Å². The van der Waals surface area contributed by atoms with E-state index in [4.69, 9.17) is 6.70 Å². The monoisotopic (exact) mass is 756 g/mol. The molecule has 0 bridgehead atoms. The topological polar surface area (TPSA) is 86.7 Å². The third-order valence-corrected chi connectivity index (χ3v) is 15.9. The van der Waals surface area contributed by atoms with Gasteiger partial charge >= 0.3 is 276 Å². The zero-order chi connectivity index (χ0) is 32.6. The normalized spacial score (nSPS) is 13.1. The Labute approximate surface area is 274 Å². The molecule has 45 heavy (non-hydrogen) atoms. The Bertz CT molecular complexity index is 1970. The van der Waals surface area contributed by atoms with Gasteiger partial charge < -0.3 is 0 Å². The van der Waals surface area contributed by atoms with Crippen LogP contribution >= 0.6 is 20.2 Å². The van der Waals surface area contributed by atoms with Crippen LogP contribution in [-0.4, -0.2) is 16.8 Å². The molecule has 5 aromatic carbocycles. The molecular weight excluding hydrogens is 719 g/mol. The fourth-order valence-electron chi connectivity index (χ4n) is 4.73. The van der Waals surface area contributed by atoms with Crippen molar-refractivity contribution in [1.29, 1.82) is 0 Å². The van der Waals surface area contributed by atoms with Crippen molar-refractivity contribution >= 4 is 51.2 Å². The summed E-state index contributed by atoms with van der Waals surface area (Å²) in [7, 11) is -8.45. The summed E-state index contributed by atoms with van der Waals surface area (Å²) >= 11 is -3.02. The van der Waals surface area contributed by atoms with E-state index in [-0.39, 0.29) is 26.4 Å². The Morgan fingerprint density at radius 2 is 0.978 bits per heavy atom. The molecule has 6 nitrogen and oxygen atoms in total. The van der Waals surface area contributed by atoms with E-state index in [2.05, 4.69) is 41.5 Å². The van der Waals surface area contributed by atoms with E-state index >= 15 is 0 Å². The molecule has 0 saturated heterocycles. The quantitative estimate of drug-likeness (QED) is 0.116. The van der Waals surface area contributed by atoms with Gasteiger partial charge in [0.25, 0.3) is 0 Å². The summed E-state index contributed by atoms with van der Waals surface area (Å²) in [6.07, 6.45) is 0. The first-order valence-electron chi connectivity index (χ1n) is 14.4. The van der Waals surface area contributed by atoms with Gasteiger partial charge in [-0.05, 0) is 0 Å². The Hall–Kier alpha value is -3.25. The Kier molecular flexibility index (Phi) is 9.21. The first kappa shape index (κ1) is 33.1. The van der Waals surface area contributed by atoms with Crippen LogP contribution < -0.4 is 4.18 Å². The van der Waals surface area contributed by atoms with Crippen LogP contribution in [0.4, 0.5) is 0 Å². The molecule has 236 valence electrons. The summed E-state index contributed by atoms with van der Waals surface area (Å²) in [6.45, 7) is 12.8. The van der Waals surface area contributed by atoms with Crippen LogP contribution in [0.25, 0.3) is 10.8 Å². The summed E-state index contributed by atoms with van der Waals surface area (Å²) in [5.74, 6) is 0.0271. The van der Waals surface area contributed by atoms with E-state index in [0.717, 1.165) is 18.3 Å². The second-order valence-corrected chi connectivity index (χ2v) is 20.7. The number of hydrogen-bond donors (Lipinski definition) is 0. The Morgan fingerprint density at radius 1 is 0.511 bits per heavy atom. The van der Waals surface area contributed by atoms with Crippen molar-refractivity contribution in [3.8, 4) is 5.75 Å². The molecule has 0 aliphatic heterocycles. The molecule has 0 heterocycles.